The summed E-state index contributed by atoms with van der Waals surface area (Å²) < 4.78 is 5.66. The number of nitrogens with zero attached hydrogens (tertiary/aromatic N) is 3. The third-order valence-corrected chi connectivity index (χ3v) is 5.82. The molecule has 2 aromatic carbocycles. The Kier molecular flexibility index (Phi) is 6.97. The van der Waals surface area contributed by atoms with Gasteiger partial charge >= 0.3 is 0 Å². The molecule has 3 N–H and O–H groups in total. The standard InChI is InChI=1S/C25H35N5O/c1-19(2)31-24-11-7-22(8-12-24)28-25(26)27-17-20-5-9-23(10-6-20)30-15-13-29(14-16-30)18-21-3-4-21/h5-12,19,21H,3-4,13-18H2,1-2H3,(H3,26,27,28). The van der Waals surface area contributed by atoms with Gasteiger partial charge in [-0.05, 0) is 74.6 Å². The fraction of sp³-hybridized carbons (Fsp3) is 0.480. The van der Waals surface area contributed by atoms with Crippen LogP contribution in [0, 0.1) is 5.92 Å². The Balaban J connectivity index is 1.24. The van der Waals surface area contributed by atoms with E-state index in [1.54, 1.807) is 0 Å². The molecule has 0 bridgehead atoms. The second kappa shape index (κ2) is 10.1. The van der Waals surface area contributed by atoms with Crippen LogP contribution in [-0.4, -0.2) is 49.7 Å². The van der Waals surface area contributed by atoms with Crippen molar-refractivity contribution < 1.29 is 4.74 Å². The van der Waals surface area contributed by atoms with Gasteiger partial charge in [-0.2, -0.15) is 0 Å². The van der Waals surface area contributed by atoms with E-state index < -0.39 is 0 Å². The lowest BCUT2D eigenvalue weighted by Crippen LogP contribution is -2.47. The SMILES string of the molecule is CC(C)Oc1ccc(NC(N)=NCc2ccc(N3CCN(CC4CC4)CC3)cc2)cc1. The molecule has 1 saturated heterocycles. The van der Waals surface area contributed by atoms with Crippen LogP contribution in [0.15, 0.2) is 53.5 Å². The number of ether oxygens (including phenoxy) is 1. The number of hydrogen-bond acceptors (Lipinski definition) is 4. The summed E-state index contributed by atoms with van der Waals surface area (Å²) in [5.41, 5.74) is 9.42. The van der Waals surface area contributed by atoms with Crippen molar-refractivity contribution in [2.24, 2.45) is 16.6 Å². The predicted octanol–water partition coefficient (Wildman–Crippen LogP) is 3.93. The Morgan fingerprint density at radius 3 is 2.32 bits per heavy atom. The molecule has 0 radical (unpaired) electrons. The monoisotopic (exact) mass is 421 g/mol. The molecule has 6 nitrogen and oxygen atoms in total. The Morgan fingerprint density at radius 1 is 1.03 bits per heavy atom. The van der Waals surface area contributed by atoms with Crippen LogP contribution < -0.4 is 20.7 Å². The molecule has 1 aliphatic heterocycles. The molecule has 1 aliphatic carbocycles. The summed E-state index contributed by atoms with van der Waals surface area (Å²) in [6.45, 7) is 10.5. The van der Waals surface area contributed by atoms with E-state index in [9.17, 15) is 0 Å². The summed E-state index contributed by atoms with van der Waals surface area (Å²) in [5.74, 6) is 2.24. The first kappa shape index (κ1) is 21.5. The third-order valence-electron chi connectivity index (χ3n) is 5.82. The predicted molar refractivity (Wildman–Crippen MR) is 129 cm³/mol. The zero-order valence-corrected chi connectivity index (χ0v) is 18.8. The lowest BCUT2D eigenvalue weighted by atomic mass is 10.1. The van der Waals surface area contributed by atoms with Crippen LogP contribution in [-0.2, 0) is 6.54 Å². The highest BCUT2D eigenvalue weighted by molar-refractivity contribution is 5.92. The lowest BCUT2D eigenvalue weighted by molar-refractivity contribution is 0.242. The molecule has 0 atom stereocenters. The lowest BCUT2D eigenvalue weighted by Gasteiger charge is -2.36. The van der Waals surface area contributed by atoms with Crippen molar-refractivity contribution >= 4 is 17.3 Å². The van der Waals surface area contributed by atoms with Crippen LogP contribution >= 0.6 is 0 Å². The highest BCUT2D eigenvalue weighted by Gasteiger charge is 2.26. The minimum absolute atomic E-state index is 0.161. The van der Waals surface area contributed by atoms with E-state index >= 15 is 0 Å². The Morgan fingerprint density at radius 2 is 1.71 bits per heavy atom. The van der Waals surface area contributed by atoms with Gasteiger partial charge in [0.15, 0.2) is 5.96 Å². The molecule has 0 spiro atoms. The topological polar surface area (TPSA) is 66.1 Å². The summed E-state index contributed by atoms with van der Waals surface area (Å²) in [7, 11) is 0. The number of piperazine rings is 1. The van der Waals surface area contributed by atoms with Gasteiger partial charge in [-0.1, -0.05) is 12.1 Å². The van der Waals surface area contributed by atoms with E-state index in [1.165, 1.54) is 38.2 Å². The number of nitrogens with one attached hydrogen (secondary N) is 1. The number of benzene rings is 2. The van der Waals surface area contributed by atoms with Crippen LogP contribution in [0.3, 0.4) is 0 Å². The quantitative estimate of drug-likeness (QED) is 0.499. The van der Waals surface area contributed by atoms with Gasteiger partial charge in [0.25, 0.3) is 0 Å². The summed E-state index contributed by atoms with van der Waals surface area (Å²) in [6, 6.07) is 16.5. The first-order valence-electron chi connectivity index (χ1n) is 11.4. The summed E-state index contributed by atoms with van der Waals surface area (Å²) in [5, 5.41) is 3.14. The zero-order valence-electron chi connectivity index (χ0n) is 18.8. The van der Waals surface area contributed by atoms with Crippen LogP contribution in [0.25, 0.3) is 0 Å². The summed E-state index contributed by atoms with van der Waals surface area (Å²) in [6.07, 6.45) is 3.03. The average Bonchev–Trinajstić information content (AvgIpc) is 3.58. The maximum Gasteiger partial charge on any atom is 0.193 e. The molecule has 31 heavy (non-hydrogen) atoms. The van der Waals surface area contributed by atoms with Crippen LogP contribution in [0.2, 0.25) is 0 Å². The Hall–Kier alpha value is -2.73. The molecule has 166 valence electrons. The molecule has 0 amide bonds. The zero-order chi connectivity index (χ0) is 21.6. The van der Waals surface area contributed by atoms with Crippen LogP contribution in [0.5, 0.6) is 5.75 Å². The third kappa shape index (κ3) is 6.62. The highest BCUT2D eigenvalue weighted by Crippen LogP contribution is 2.30. The molecule has 2 fully saturated rings. The number of nitrogens with two attached hydrogens (primary N) is 1. The molecule has 2 aromatic rings. The number of rotatable bonds is 8. The fourth-order valence-corrected chi connectivity index (χ4v) is 3.92. The van der Waals surface area contributed by atoms with Gasteiger partial charge in [-0.25, -0.2) is 4.99 Å². The van der Waals surface area contributed by atoms with E-state index in [-0.39, 0.29) is 6.10 Å². The van der Waals surface area contributed by atoms with E-state index in [0.717, 1.165) is 36.0 Å². The minimum Gasteiger partial charge on any atom is -0.491 e. The van der Waals surface area contributed by atoms with Crippen molar-refractivity contribution in [3.8, 4) is 5.75 Å². The van der Waals surface area contributed by atoms with Gasteiger partial charge in [0.2, 0.25) is 0 Å². The van der Waals surface area contributed by atoms with Gasteiger partial charge in [-0.3, -0.25) is 4.90 Å². The van der Waals surface area contributed by atoms with Gasteiger partial charge < -0.3 is 20.7 Å². The fourth-order valence-electron chi connectivity index (χ4n) is 3.92. The maximum absolute atomic E-state index is 6.07. The average molecular weight is 422 g/mol. The van der Waals surface area contributed by atoms with Crippen LogP contribution in [0.4, 0.5) is 11.4 Å². The largest absolute Gasteiger partial charge is 0.491 e. The molecule has 0 unspecified atom stereocenters. The molecule has 4 rings (SSSR count). The normalized spacial score (nSPS) is 17.8. The second-order valence-corrected chi connectivity index (χ2v) is 8.91. The molecule has 1 saturated carbocycles. The van der Waals surface area contributed by atoms with Gasteiger partial charge in [-0.15, -0.1) is 0 Å². The molecular formula is C25H35N5O. The molecular weight excluding hydrogens is 386 g/mol. The molecule has 6 heteroatoms. The van der Waals surface area contributed by atoms with Crippen molar-refractivity contribution in [1.29, 1.82) is 0 Å². The number of aliphatic imine (C=N–C) groups is 1. The van der Waals surface area contributed by atoms with E-state index in [0.29, 0.717) is 12.5 Å². The Labute approximate surface area is 186 Å². The number of hydrogen-bond donors (Lipinski definition) is 2. The van der Waals surface area contributed by atoms with E-state index in [2.05, 4.69) is 44.4 Å². The second-order valence-electron chi connectivity index (χ2n) is 8.91. The van der Waals surface area contributed by atoms with E-state index in [1.807, 2.05) is 38.1 Å². The molecule has 0 aromatic heterocycles. The van der Waals surface area contributed by atoms with Crippen molar-refractivity contribution in [2.75, 3.05) is 42.9 Å². The van der Waals surface area contributed by atoms with Crippen molar-refractivity contribution in [2.45, 2.75) is 39.3 Å². The number of guanidine groups is 1. The van der Waals surface area contributed by atoms with Crippen LogP contribution in [0.1, 0.15) is 32.3 Å². The van der Waals surface area contributed by atoms with Crippen molar-refractivity contribution in [1.82, 2.24) is 4.90 Å². The Bertz CT molecular complexity index is 850. The first-order chi connectivity index (χ1) is 15.0. The number of anilines is 2. The van der Waals surface area contributed by atoms with E-state index in [4.69, 9.17) is 10.5 Å². The highest BCUT2D eigenvalue weighted by atomic mass is 16.5. The summed E-state index contributed by atoms with van der Waals surface area (Å²) >= 11 is 0. The minimum atomic E-state index is 0.161. The maximum atomic E-state index is 6.07. The molecule has 1 heterocycles. The van der Waals surface area contributed by atoms with Gasteiger partial charge in [0.05, 0.1) is 12.6 Å². The molecule has 2 aliphatic rings. The first-order valence-corrected chi connectivity index (χ1v) is 11.4. The summed E-state index contributed by atoms with van der Waals surface area (Å²) in [4.78, 5) is 9.59. The van der Waals surface area contributed by atoms with Gasteiger partial charge in [0, 0.05) is 44.1 Å². The van der Waals surface area contributed by atoms with Crippen molar-refractivity contribution in [3.05, 3.63) is 54.1 Å². The van der Waals surface area contributed by atoms with Crippen molar-refractivity contribution in [3.63, 3.8) is 0 Å². The van der Waals surface area contributed by atoms with Gasteiger partial charge in [0.1, 0.15) is 5.75 Å². The smallest absolute Gasteiger partial charge is 0.193 e.